The normalized spacial score (nSPS) is 13.2. The van der Waals surface area contributed by atoms with Crippen molar-refractivity contribution in [1.82, 2.24) is 15.0 Å². The molecule has 4 aromatic rings. The first-order chi connectivity index (χ1) is 13.9. The summed E-state index contributed by atoms with van der Waals surface area (Å²) in [5, 5.41) is 1.07. The molecular weight excluding hydrogens is 348 g/mol. The van der Waals surface area contributed by atoms with Crippen molar-refractivity contribution in [2.75, 3.05) is 11.4 Å². The number of benzene rings is 2. The summed E-state index contributed by atoms with van der Waals surface area (Å²) in [6.45, 7) is 0.982. The smallest absolute Gasteiger partial charge is 0.222 e. The third-order valence-electron chi connectivity index (χ3n) is 4.75. The van der Waals surface area contributed by atoms with Crippen LogP contribution in [-0.2, 0) is 0 Å². The molecule has 2 aromatic heterocycles. The topological polar surface area (TPSA) is 51.1 Å². The lowest BCUT2D eigenvalue weighted by molar-refractivity contribution is 0.462. The highest BCUT2D eigenvalue weighted by Crippen LogP contribution is 2.33. The highest BCUT2D eigenvalue weighted by atomic mass is 16.5. The highest BCUT2D eigenvalue weighted by molar-refractivity contribution is 5.80. The number of hydrogen-bond donors (Lipinski definition) is 0. The maximum Gasteiger partial charge on any atom is 0.222 e. The summed E-state index contributed by atoms with van der Waals surface area (Å²) in [5.41, 5.74) is 3.91. The van der Waals surface area contributed by atoms with E-state index in [-0.39, 0.29) is 0 Å². The maximum atomic E-state index is 6.00. The number of anilines is 1. The van der Waals surface area contributed by atoms with E-state index in [2.05, 4.69) is 44.3 Å². The average molecular weight is 366 g/mol. The number of hydrogen-bond acceptors (Lipinski definition) is 5. The fourth-order valence-electron chi connectivity index (χ4n) is 3.40. The first kappa shape index (κ1) is 16.4. The van der Waals surface area contributed by atoms with Crippen molar-refractivity contribution in [3.8, 4) is 22.9 Å². The van der Waals surface area contributed by atoms with Gasteiger partial charge in [-0.3, -0.25) is 4.98 Å². The van der Waals surface area contributed by atoms with Gasteiger partial charge in [0, 0.05) is 42.0 Å². The van der Waals surface area contributed by atoms with E-state index < -0.39 is 0 Å². The molecule has 0 bridgehead atoms. The molecule has 5 rings (SSSR count). The van der Waals surface area contributed by atoms with Gasteiger partial charge in [-0.1, -0.05) is 30.3 Å². The van der Waals surface area contributed by atoms with E-state index in [1.165, 1.54) is 0 Å². The van der Waals surface area contributed by atoms with Gasteiger partial charge in [-0.05, 0) is 30.7 Å². The Labute approximate surface area is 163 Å². The van der Waals surface area contributed by atoms with E-state index in [9.17, 15) is 0 Å². The molecule has 0 amide bonds. The van der Waals surface area contributed by atoms with E-state index in [0.29, 0.717) is 11.6 Å². The van der Waals surface area contributed by atoms with Crippen molar-refractivity contribution in [2.45, 2.75) is 6.42 Å². The number of nitrogens with zero attached hydrogens (tertiary/aromatic N) is 4. The summed E-state index contributed by atoms with van der Waals surface area (Å²) in [7, 11) is 0. The Morgan fingerprint density at radius 2 is 1.86 bits per heavy atom. The van der Waals surface area contributed by atoms with E-state index in [0.717, 1.165) is 40.8 Å². The first-order valence-electron chi connectivity index (χ1n) is 9.24. The SMILES string of the molecule is C1=CN(c2ccccc2-c2cc(Oc3ccc4cccnc4c3)ncn2)CC1. The number of fused-ring (bicyclic) bond motifs is 1. The molecule has 5 nitrogen and oxygen atoms in total. The van der Waals surface area contributed by atoms with Crippen LogP contribution in [0.15, 0.2) is 85.5 Å². The summed E-state index contributed by atoms with van der Waals surface area (Å²) in [6, 6.07) is 19.9. The van der Waals surface area contributed by atoms with Crippen LogP contribution in [0.5, 0.6) is 11.6 Å². The van der Waals surface area contributed by atoms with Crippen molar-refractivity contribution in [1.29, 1.82) is 0 Å². The molecule has 0 saturated carbocycles. The summed E-state index contributed by atoms with van der Waals surface area (Å²) >= 11 is 0. The van der Waals surface area contributed by atoms with Gasteiger partial charge in [0.15, 0.2) is 0 Å². The third-order valence-corrected chi connectivity index (χ3v) is 4.75. The molecule has 0 N–H and O–H groups in total. The summed E-state index contributed by atoms with van der Waals surface area (Å²) in [5.74, 6) is 1.21. The average Bonchev–Trinajstić information content (AvgIpc) is 3.29. The molecule has 1 aliphatic rings. The van der Waals surface area contributed by atoms with Gasteiger partial charge in [-0.15, -0.1) is 0 Å². The fourth-order valence-corrected chi connectivity index (χ4v) is 3.40. The number of aromatic nitrogens is 3. The first-order valence-corrected chi connectivity index (χ1v) is 9.24. The quantitative estimate of drug-likeness (QED) is 0.496. The Hall–Kier alpha value is -3.73. The van der Waals surface area contributed by atoms with Gasteiger partial charge in [-0.2, -0.15) is 0 Å². The van der Waals surface area contributed by atoms with Crippen molar-refractivity contribution < 1.29 is 4.74 Å². The molecule has 0 radical (unpaired) electrons. The van der Waals surface area contributed by atoms with Gasteiger partial charge in [0.25, 0.3) is 0 Å². The van der Waals surface area contributed by atoms with Crippen LogP contribution in [0.1, 0.15) is 6.42 Å². The minimum Gasteiger partial charge on any atom is -0.439 e. The second kappa shape index (κ2) is 7.12. The fraction of sp³-hybridized carbons (Fsp3) is 0.0870. The zero-order valence-corrected chi connectivity index (χ0v) is 15.2. The Morgan fingerprint density at radius 1 is 0.893 bits per heavy atom. The molecule has 3 heterocycles. The Morgan fingerprint density at radius 3 is 2.79 bits per heavy atom. The zero-order chi connectivity index (χ0) is 18.8. The minimum absolute atomic E-state index is 0.507. The van der Waals surface area contributed by atoms with Gasteiger partial charge in [0.1, 0.15) is 12.1 Å². The largest absolute Gasteiger partial charge is 0.439 e. The lowest BCUT2D eigenvalue weighted by atomic mass is 10.1. The number of pyridine rings is 1. The zero-order valence-electron chi connectivity index (χ0n) is 15.2. The lowest BCUT2D eigenvalue weighted by Gasteiger charge is -2.19. The second-order valence-electron chi connectivity index (χ2n) is 6.59. The predicted molar refractivity (Wildman–Crippen MR) is 110 cm³/mol. The predicted octanol–water partition coefficient (Wildman–Crippen LogP) is 5.21. The van der Waals surface area contributed by atoms with Crippen molar-refractivity contribution in [2.24, 2.45) is 0 Å². The third kappa shape index (κ3) is 3.18. The standard InChI is InChI=1S/C23H18N4O/c1-2-8-22(27-12-3-4-13-27)19(7-1)21-15-23(26-16-25-21)28-18-10-9-17-6-5-11-24-20(17)14-18/h1-3,5-12,14-16H,4,13H2. The maximum absolute atomic E-state index is 6.00. The Bertz CT molecular complexity index is 1170. The Kier molecular flexibility index (Phi) is 4.18. The molecule has 0 unspecified atom stereocenters. The van der Waals surface area contributed by atoms with E-state index in [4.69, 9.17) is 4.74 Å². The van der Waals surface area contributed by atoms with Gasteiger partial charge in [0.05, 0.1) is 16.9 Å². The highest BCUT2D eigenvalue weighted by Gasteiger charge is 2.14. The van der Waals surface area contributed by atoms with Gasteiger partial charge < -0.3 is 9.64 Å². The van der Waals surface area contributed by atoms with Crippen LogP contribution in [0.3, 0.4) is 0 Å². The molecule has 5 heteroatoms. The summed E-state index contributed by atoms with van der Waals surface area (Å²) in [4.78, 5) is 15.4. The molecule has 28 heavy (non-hydrogen) atoms. The second-order valence-corrected chi connectivity index (χ2v) is 6.59. The van der Waals surface area contributed by atoms with Crippen molar-refractivity contribution in [3.63, 3.8) is 0 Å². The molecule has 0 fully saturated rings. The van der Waals surface area contributed by atoms with Crippen LogP contribution >= 0.6 is 0 Å². The van der Waals surface area contributed by atoms with E-state index in [1.54, 1.807) is 12.5 Å². The minimum atomic E-state index is 0.507. The van der Waals surface area contributed by atoms with Crippen LogP contribution < -0.4 is 9.64 Å². The molecular formula is C23H18N4O. The number of para-hydroxylation sites is 1. The van der Waals surface area contributed by atoms with Crippen LogP contribution in [0.25, 0.3) is 22.2 Å². The van der Waals surface area contributed by atoms with Crippen LogP contribution in [0, 0.1) is 0 Å². The van der Waals surface area contributed by atoms with Gasteiger partial charge in [-0.25, -0.2) is 9.97 Å². The van der Waals surface area contributed by atoms with Gasteiger partial charge in [0.2, 0.25) is 5.88 Å². The molecule has 2 aromatic carbocycles. The Balaban J connectivity index is 1.47. The molecule has 136 valence electrons. The molecule has 0 atom stereocenters. The molecule has 0 saturated heterocycles. The van der Waals surface area contributed by atoms with E-state index in [1.807, 2.05) is 48.5 Å². The lowest BCUT2D eigenvalue weighted by Crippen LogP contribution is -2.13. The van der Waals surface area contributed by atoms with Crippen LogP contribution in [-0.4, -0.2) is 21.5 Å². The van der Waals surface area contributed by atoms with Gasteiger partial charge >= 0.3 is 0 Å². The van der Waals surface area contributed by atoms with E-state index >= 15 is 0 Å². The summed E-state index contributed by atoms with van der Waals surface area (Å²) < 4.78 is 6.00. The number of rotatable bonds is 4. The van der Waals surface area contributed by atoms with Crippen LogP contribution in [0.4, 0.5) is 5.69 Å². The van der Waals surface area contributed by atoms with Crippen LogP contribution in [0.2, 0.25) is 0 Å². The molecule has 1 aliphatic heterocycles. The molecule has 0 aliphatic carbocycles. The monoisotopic (exact) mass is 366 g/mol. The number of ether oxygens (including phenoxy) is 1. The molecule has 0 spiro atoms. The van der Waals surface area contributed by atoms with Crippen molar-refractivity contribution >= 4 is 16.6 Å². The summed E-state index contributed by atoms with van der Waals surface area (Å²) in [6.07, 6.45) is 8.68. The van der Waals surface area contributed by atoms with Crippen molar-refractivity contribution in [3.05, 3.63) is 85.5 Å².